The van der Waals surface area contributed by atoms with Crippen LogP contribution in [0.25, 0.3) is 0 Å². The number of aliphatic carboxylic acids is 1. The van der Waals surface area contributed by atoms with Crippen LogP contribution in [0.5, 0.6) is 0 Å². The third-order valence-electron chi connectivity index (χ3n) is 4.64. The molecule has 0 heterocycles. The molecule has 12 heteroatoms. The first kappa shape index (κ1) is 30.9. The van der Waals surface area contributed by atoms with Gasteiger partial charge in [0.2, 0.25) is 0 Å². The van der Waals surface area contributed by atoms with E-state index in [0.717, 1.165) is 0 Å². The van der Waals surface area contributed by atoms with E-state index in [1.165, 1.54) is 0 Å². The molecule has 202 valence electrons. The predicted molar refractivity (Wildman–Crippen MR) is 134 cm³/mol. The molecule has 1 aromatic carbocycles. The van der Waals surface area contributed by atoms with Crippen molar-refractivity contribution in [2.75, 3.05) is 11.9 Å². The zero-order chi connectivity index (χ0) is 28.0. The number of carbonyl (C=O) groups excluding carboxylic acids is 4. The SMILES string of the molecule is C#Cc1cccc(NC(=O)NCCCCC(NC(=O)OC(=O)C(N)CCC(=O)O)C(=O)OC(C)(C)C)c1. The number of amides is 3. The minimum Gasteiger partial charge on any atom is -0.481 e. The molecule has 6 N–H and O–H groups in total. The number of benzene rings is 1. The van der Waals surface area contributed by atoms with Crippen LogP contribution in [0.2, 0.25) is 0 Å². The molecule has 0 aliphatic carbocycles. The van der Waals surface area contributed by atoms with Crippen LogP contribution in [0.1, 0.15) is 58.4 Å². The average Bonchev–Trinajstić information content (AvgIpc) is 2.80. The Hall–Kier alpha value is -4.11. The highest BCUT2D eigenvalue weighted by Crippen LogP contribution is 2.12. The Morgan fingerprint density at radius 3 is 2.43 bits per heavy atom. The van der Waals surface area contributed by atoms with Crippen molar-refractivity contribution in [2.45, 2.75) is 70.6 Å². The van der Waals surface area contributed by atoms with Crippen LogP contribution in [-0.2, 0) is 23.9 Å². The zero-order valence-corrected chi connectivity index (χ0v) is 21.2. The summed E-state index contributed by atoms with van der Waals surface area (Å²) in [5.74, 6) is -0.523. The normalized spacial score (nSPS) is 12.3. The fraction of sp³-hybridized carbons (Fsp3) is 0.480. The molecule has 1 rings (SSSR count). The maximum atomic E-state index is 12.6. The van der Waals surface area contributed by atoms with Crippen molar-refractivity contribution in [3.8, 4) is 12.3 Å². The number of hydrogen-bond acceptors (Lipinski definition) is 8. The summed E-state index contributed by atoms with van der Waals surface area (Å²) in [6.07, 6.45) is 4.55. The number of terminal acetylenes is 1. The highest BCUT2D eigenvalue weighted by Gasteiger charge is 2.28. The van der Waals surface area contributed by atoms with Gasteiger partial charge in [-0.15, -0.1) is 6.42 Å². The first-order chi connectivity index (χ1) is 17.3. The van der Waals surface area contributed by atoms with Crippen LogP contribution in [0.15, 0.2) is 24.3 Å². The van der Waals surface area contributed by atoms with Gasteiger partial charge in [-0.25, -0.2) is 19.2 Å². The standard InChI is InChI=1S/C25H34N4O8/c1-5-16-9-8-10-17(15-16)28-23(34)27-14-7-6-11-19(22(33)37-25(2,3)4)29-24(35)36-21(32)18(26)12-13-20(30)31/h1,8-10,15,18-19H,6-7,11-14,26H2,2-4H3,(H,29,35)(H,30,31)(H2,27,28,34). The maximum Gasteiger partial charge on any atom is 0.415 e. The maximum absolute atomic E-state index is 12.6. The molecule has 0 aliphatic heterocycles. The Balaban J connectivity index is 2.56. The molecule has 12 nitrogen and oxygen atoms in total. The summed E-state index contributed by atoms with van der Waals surface area (Å²) >= 11 is 0. The molecule has 1 aromatic rings. The van der Waals surface area contributed by atoms with E-state index in [0.29, 0.717) is 24.1 Å². The quantitative estimate of drug-likeness (QED) is 0.120. The number of urea groups is 1. The van der Waals surface area contributed by atoms with Gasteiger partial charge >= 0.3 is 30.0 Å². The van der Waals surface area contributed by atoms with Gasteiger partial charge in [0.15, 0.2) is 0 Å². The summed E-state index contributed by atoms with van der Waals surface area (Å²) in [7, 11) is 0. The van der Waals surface area contributed by atoms with Crippen LogP contribution in [-0.4, -0.2) is 59.4 Å². The summed E-state index contributed by atoms with van der Waals surface area (Å²) in [5.41, 5.74) is 5.87. The number of ether oxygens (including phenoxy) is 2. The fourth-order valence-corrected chi connectivity index (χ4v) is 2.89. The van der Waals surface area contributed by atoms with E-state index < -0.39 is 47.7 Å². The summed E-state index contributed by atoms with van der Waals surface area (Å²) in [4.78, 5) is 59.3. The molecule has 0 aliphatic rings. The van der Waals surface area contributed by atoms with Gasteiger partial charge in [0.25, 0.3) is 0 Å². The zero-order valence-electron chi connectivity index (χ0n) is 21.2. The lowest BCUT2D eigenvalue weighted by atomic mass is 10.1. The fourth-order valence-electron chi connectivity index (χ4n) is 2.89. The summed E-state index contributed by atoms with van der Waals surface area (Å²) < 4.78 is 9.92. The predicted octanol–water partition coefficient (Wildman–Crippen LogP) is 2.11. The number of rotatable bonds is 12. The molecule has 0 radical (unpaired) electrons. The van der Waals surface area contributed by atoms with Crippen molar-refractivity contribution >= 4 is 35.7 Å². The Labute approximate surface area is 215 Å². The molecule has 0 aromatic heterocycles. The lowest BCUT2D eigenvalue weighted by Gasteiger charge is -2.24. The van der Waals surface area contributed by atoms with Gasteiger partial charge in [-0.2, -0.15) is 0 Å². The molecule has 2 unspecified atom stereocenters. The second kappa shape index (κ2) is 15.1. The van der Waals surface area contributed by atoms with Crippen molar-refractivity contribution in [2.24, 2.45) is 5.73 Å². The smallest absolute Gasteiger partial charge is 0.415 e. The molecule has 37 heavy (non-hydrogen) atoms. The molecular formula is C25H34N4O8. The third kappa shape index (κ3) is 13.5. The number of hydrogen-bond donors (Lipinski definition) is 5. The number of unbranched alkanes of at least 4 members (excludes halogenated alkanes) is 1. The lowest BCUT2D eigenvalue weighted by Crippen LogP contribution is -2.46. The summed E-state index contributed by atoms with van der Waals surface area (Å²) in [6, 6.07) is 3.93. The van der Waals surface area contributed by atoms with Crippen molar-refractivity contribution < 1.29 is 38.6 Å². The van der Waals surface area contributed by atoms with E-state index >= 15 is 0 Å². The molecule has 0 saturated heterocycles. The van der Waals surface area contributed by atoms with Gasteiger partial charge in [-0.05, 0) is 64.7 Å². The number of nitrogens with one attached hydrogen (secondary N) is 3. The van der Waals surface area contributed by atoms with E-state index in [-0.39, 0.29) is 25.8 Å². The highest BCUT2D eigenvalue weighted by atomic mass is 16.6. The monoisotopic (exact) mass is 518 g/mol. The van der Waals surface area contributed by atoms with Gasteiger partial charge in [-0.1, -0.05) is 12.0 Å². The highest BCUT2D eigenvalue weighted by molar-refractivity contribution is 5.90. The average molecular weight is 519 g/mol. The first-order valence-electron chi connectivity index (χ1n) is 11.6. The Bertz CT molecular complexity index is 1010. The van der Waals surface area contributed by atoms with Crippen LogP contribution >= 0.6 is 0 Å². The number of carbonyl (C=O) groups is 5. The number of anilines is 1. The van der Waals surface area contributed by atoms with Gasteiger partial charge < -0.3 is 36.3 Å². The summed E-state index contributed by atoms with van der Waals surface area (Å²) in [5, 5.41) is 16.3. The van der Waals surface area contributed by atoms with Gasteiger partial charge in [0.1, 0.15) is 17.7 Å². The summed E-state index contributed by atoms with van der Waals surface area (Å²) in [6.45, 7) is 5.26. The van der Waals surface area contributed by atoms with Crippen LogP contribution in [0, 0.1) is 12.3 Å². The first-order valence-corrected chi connectivity index (χ1v) is 11.6. The molecule has 0 bridgehead atoms. The molecule has 2 atom stereocenters. The van der Waals surface area contributed by atoms with E-state index in [4.69, 9.17) is 22.0 Å². The van der Waals surface area contributed by atoms with E-state index in [1.807, 2.05) is 0 Å². The number of carboxylic acids is 1. The largest absolute Gasteiger partial charge is 0.481 e. The van der Waals surface area contributed by atoms with Crippen molar-refractivity contribution in [3.63, 3.8) is 0 Å². The second-order valence-electron chi connectivity index (χ2n) is 9.08. The Morgan fingerprint density at radius 1 is 1.11 bits per heavy atom. The molecule has 0 saturated carbocycles. The molecule has 0 fully saturated rings. The van der Waals surface area contributed by atoms with Crippen LogP contribution < -0.4 is 21.7 Å². The Kier molecular flexibility index (Phi) is 12.6. The number of esters is 2. The number of nitrogens with two attached hydrogens (primary N) is 1. The molecule has 3 amide bonds. The van der Waals surface area contributed by atoms with E-state index in [2.05, 4.69) is 26.6 Å². The topological polar surface area (TPSA) is 186 Å². The van der Waals surface area contributed by atoms with Crippen LogP contribution in [0.3, 0.4) is 0 Å². The molecular weight excluding hydrogens is 484 g/mol. The van der Waals surface area contributed by atoms with E-state index in [1.54, 1.807) is 45.0 Å². The van der Waals surface area contributed by atoms with Gasteiger partial charge in [0, 0.05) is 24.2 Å². The second-order valence-corrected chi connectivity index (χ2v) is 9.08. The third-order valence-corrected chi connectivity index (χ3v) is 4.64. The molecule has 0 spiro atoms. The lowest BCUT2D eigenvalue weighted by molar-refractivity contribution is -0.158. The minimum absolute atomic E-state index is 0.136. The van der Waals surface area contributed by atoms with Gasteiger partial charge in [0.05, 0.1) is 0 Å². The van der Waals surface area contributed by atoms with Crippen molar-refractivity contribution in [1.82, 2.24) is 10.6 Å². The van der Waals surface area contributed by atoms with E-state index in [9.17, 15) is 24.0 Å². The van der Waals surface area contributed by atoms with Crippen LogP contribution in [0.4, 0.5) is 15.3 Å². The van der Waals surface area contributed by atoms with Crippen molar-refractivity contribution in [3.05, 3.63) is 29.8 Å². The minimum atomic E-state index is -1.31. The van der Waals surface area contributed by atoms with Gasteiger partial charge in [-0.3, -0.25) is 4.79 Å². The Morgan fingerprint density at radius 2 is 1.81 bits per heavy atom. The number of alkyl carbamates (subject to hydrolysis) is 1. The van der Waals surface area contributed by atoms with Crippen molar-refractivity contribution in [1.29, 1.82) is 0 Å². The number of carboxylic acid groups (broad SMARTS) is 1.